The summed E-state index contributed by atoms with van der Waals surface area (Å²) in [5.74, 6) is -1.15. The molecule has 0 aromatic heterocycles. The molecule has 2 amide bonds. The van der Waals surface area contributed by atoms with Gasteiger partial charge in [0.15, 0.2) is 5.17 Å². The Labute approximate surface area is 210 Å². The summed E-state index contributed by atoms with van der Waals surface area (Å²) in [6.07, 6.45) is 4.33. The molecule has 1 aliphatic heterocycles. The van der Waals surface area contributed by atoms with Crippen LogP contribution in [0.3, 0.4) is 0 Å². The number of nitrogens with one attached hydrogen (secondary N) is 1. The van der Waals surface area contributed by atoms with Crippen molar-refractivity contribution in [2.24, 2.45) is 4.40 Å². The second-order valence-electron chi connectivity index (χ2n) is 8.17. The first kappa shape index (κ1) is 24.9. The van der Waals surface area contributed by atoms with Crippen molar-refractivity contribution in [2.45, 2.75) is 54.7 Å². The molecule has 1 N–H and O–H groups in total. The standard InChI is InChI=1S/C23H23BrFN3O4S2/c24-15-6-12-19(13-7-15)34(31,32)27-23-28(18-4-2-1-3-5-18)22(30)20(33-23)14-21(29)26-17-10-8-16(25)9-11-17/h6-13,18,20H,1-5,14H2,(H,26,29)/t20-/m0/s1. The van der Waals surface area contributed by atoms with Gasteiger partial charge in [-0.1, -0.05) is 47.0 Å². The Kier molecular flexibility index (Phi) is 7.73. The van der Waals surface area contributed by atoms with Crippen LogP contribution in [0.15, 0.2) is 62.3 Å². The normalized spacial score (nSPS) is 20.6. The van der Waals surface area contributed by atoms with Gasteiger partial charge in [0, 0.05) is 22.6 Å². The number of anilines is 1. The van der Waals surface area contributed by atoms with E-state index < -0.39 is 27.0 Å². The quantitative estimate of drug-likeness (QED) is 0.533. The summed E-state index contributed by atoms with van der Waals surface area (Å²) in [6.45, 7) is 0. The van der Waals surface area contributed by atoms with Crippen molar-refractivity contribution in [3.05, 3.63) is 58.8 Å². The van der Waals surface area contributed by atoms with Gasteiger partial charge in [0.2, 0.25) is 11.8 Å². The molecule has 180 valence electrons. The molecule has 2 aromatic rings. The lowest BCUT2D eigenvalue weighted by atomic mass is 9.94. The molecule has 2 fully saturated rings. The van der Waals surface area contributed by atoms with Gasteiger partial charge in [0.05, 0.1) is 4.90 Å². The largest absolute Gasteiger partial charge is 0.326 e. The lowest BCUT2D eigenvalue weighted by Crippen LogP contribution is -2.42. The van der Waals surface area contributed by atoms with E-state index in [1.807, 2.05) is 0 Å². The van der Waals surface area contributed by atoms with Crippen molar-refractivity contribution >= 4 is 60.4 Å². The predicted octanol–water partition coefficient (Wildman–Crippen LogP) is 4.94. The van der Waals surface area contributed by atoms with Gasteiger partial charge in [-0.2, -0.15) is 8.42 Å². The summed E-state index contributed by atoms with van der Waals surface area (Å²) >= 11 is 4.29. The summed E-state index contributed by atoms with van der Waals surface area (Å²) in [6, 6.07) is 11.3. The molecular formula is C23H23BrFN3O4S2. The molecule has 0 radical (unpaired) electrons. The Morgan fingerprint density at radius 1 is 1.09 bits per heavy atom. The van der Waals surface area contributed by atoms with Crippen LogP contribution in [-0.2, 0) is 19.6 Å². The van der Waals surface area contributed by atoms with Crippen LogP contribution in [0.5, 0.6) is 0 Å². The monoisotopic (exact) mass is 567 g/mol. The third kappa shape index (κ3) is 5.87. The smallest absolute Gasteiger partial charge is 0.284 e. The van der Waals surface area contributed by atoms with E-state index in [4.69, 9.17) is 0 Å². The van der Waals surface area contributed by atoms with Crippen LogP contribution >= 0.6 is 27.7 Å². The van der Waals surface area contributed by atoms with Gasteiger partial charge in [0.1, 0.15) is 11.1 Å². The van der Waals surface area contributed by atoms with Crippen molar-refractivity contribution < 1.29 is 22.4 Å². The highest BCUT2D eigenvalue weighted by molar-refractivity contribution is 9.10. The zero-order valence-electron chi connectivity index (χ0n) is 18.1. The number of hydrogen-bond donors (Lipinski definition) is 1. The minimum absolute atomic E-state index is 0.0253. The summed E-state index contributed by atoms with van der Waals surface area (Å²) in [5.41, 5.74) is 0.415. The number of thioether (sulfide) groups is 1. The molecule has 2 aromatic carbocycles. The molecule has 11 heteroatoms. The average Bonchev–Trinajstić information content (AvgIpc) is 3.10. The van der Waals surface area contributed by atoms with Gasteiger partial charge in [-0.3, -0.25) is 14.5 Å². The van der Waals surface area contributed by atoms with E-state index in [9.17, 15) is 22.4 Å². The van der Waals surface area contributed by atoms with E-state index in [0.29, 0.717) is 5.69 Å². The number of carbonyl (C=O) groups is 2. The molecule has 1 saturated carbocycles. The van der Waals surface area contributed by atoms with Crippen LogP contribution in [0.4, 0.5) is 10.1 Å². The Balaban J connectivity index is 1.57. The molecule has 7 nitrogen and oxygen atoms in total. The van der Waals surface area contributed by atoms with Gasteiger partial charge < -0.3 is 5.32 Å². The SMILES string of the molecule is O=C(C[C@@H]1SC(=NS(=O)(=O)c2ccc(Br)cc2)N(C2CCCCC2)C1=O)Nc1ccc(F)cc1. The first-order valence-corrected chi connectivity index (χ1v) is 14.0. The second kappa shape index (κ2) is 10.6. The zero-order chi connectivity index (χ0) is 24.3. The minimum Gasteiger partial charge on any atom is -0.326 e. The predicted molar refractivity (Wildman–Crippen MR) is 134 cm³/mol. The molecule has 34 heavy (non-hydrogen) atoms. The van der Waals surface area contributed by atoms with E-state index >= 15 is 0 Å². The number of carbonyl (C=O) groups excluding carboxylic acids is 2. The summed E-state index contributed by atoms with van der Waals surface area (Å²) in [7, 11) is -4.04. The fourth-order valence-corrected chi connectivity index (χ4v) is 6.70. The number of rotatable bonds is 6. The molecule has 4 rings (SSSR count). The fourth-order valence-electron chi connectivity index (χ4n) is 4.03. The van der Waals surface area contributed by atoms with Crippen molar-refractivity contribution in [2.75, 3.05) is 5.32 Å². The van der Waals surface area contributed by atoms with Crippen molar-refractivity contribution in [1.29, 1.82) is 0 Å². The van der Waals surface area contributed by atoms with Crippen LogP contribution in [0.25, 0.3) is 0 Å². The van der Waals surface area contributed by atoms with Crippen LogP contribution < -0.4 is 5.32 Å². The molecule has 1 atom stereocenters. The number of halogens is 2. The molecule has 1 heterocycles. The molecule has 0 unspecified atom stereocenters. The Morgan fingerprint density at radius 2 is 1.74 bits per heavy atom. The average molecular weight is 568 g/mol. The van der Waals surface area contributed by atoms with Crippen molar-refractivity contribution in [3.8, 4) is 0 Å². The molecule has 0 spiro atoms. The van der Waals surface area contributed by atoms with E-state index in [-0.39, 0.29) is 28.4 Å². The van der Waals surface area contributed by atoms with Crippen LogP contribution in [0.2, 0.25) is 0 Å². The van der Waals surface area contributed by atoms with Crippen molar-refractivity contribution in [1.82, 2.24) is 4.90 Å². The molecule has 2 aliphatic rings. The maximum Gasteiger partial charge on any atom is 0.284 e. The zero-order valence-corrected chi connectivity index (χ0v) is 21.3. The van der Waals surface area contributed by atoms with E-state index in [2.05, 4.69) is 25.6 Å². The van der Waals surface area contributed by atoms with Crippen LogP contribution in [0.1, 0.15) is 38.5 Å². The molecule has 1 aliphatic carbocycles. The lowest BCUT2D eigenvalue weighted by Gasteiger charge is -2.30. The first-order chi connectivity index (χ1) is 16.2. The Morgan fingerprint density at radius 3 is 2.38 bits per heavy atom. The number of amides is 2. The topological polar surface area (TPSA) is 95.9 Å². The summed E-state index contributed by atoms with van der Waals surface area (Å²) in [4.78, 5) is 27.4. The maximum absolute atomic E-state index is 13.3. The molecule has 1 saturated heterocycles. The summed E-state index contributed by atoms with van der Waals surface area (Å²) < 4.78 is 43.8. The Bertz CT molecular complexity index is 1200. The number of benzene rings is 2. The minimum atomic E-state index is -4.04. The van der Waals surface area contributed by atoms with Gasteiger partial charge in [-0.05, 0) is 61.4 Å². The fraction of sp³-hybridized carbons (Fsp3) is 0.348. The number of nitrogens with zero attached hydrogens (tertiary/aromatic N) is 2. The van der Waals surface area contributed by atoms with Gasteiger partial charge >= 0.3 is 0 Å². The second-order valence-corrected chi connectivity index (χ2v) is 11.9. The maximum atomic E-state index is 13.3. The molecular weight excluding hydrogens is 545 g/mol. The Hall–Kier alpha value is -2.24. The van der Waals surface area contributed by atoms with Gasteiger partial charge in [0.25, 0.3) is 10.0 Å². The third-order valence-electron chi connectivity index (χ3n) is 5.72. The number of sulfonamides is 1. The first-order valence-electron chi connectivity index (χ1n) is 10.9. The highest BCUT2D eigenvalue weighted by atomic mass is 79.9. The van der Waals surface area contributed by atoms with Gasteiger partial charge in [-0.25, -0.2) is 4.39 Å². The van der Waals surface area contributed by atoms with Gasteiger partial charge in [-0.15, -0.1) is 4.40 Å². The van der Waals surface area contributed by atoms with Crippen LogP contribution in [0, 0.1) is 5.82 Å². The van der Waals surface area contributed by atoms with Crippen LogP contribution in [-0.4, -0.2) is 41.6 Å². The highest BCUT2D eigenvalue weighted by Gasteiger charge is 2.43. The number of amidine groups is 1. The summed E-state index contributed by atoms with van der Waals surface area (Å²) in [5, 5.41) is 1.97. The third-order valence-corrected chi connectivity index (χ3v) is 8.79. The van der Waals surface area contributed by atoms with E-state index in [0.717, 1.165) is 48.3 Å². The number of hydrogen-bond acceptors (Lipinski definition) is 5. The van der Waals surface area contributed by atoms with Crippen molar-refractivity contribution in [3.63, 3.8) is 0 Å². The highest BCUT2D eigenvalue weighted by Crippen LogP contribution is 2.36. The molecule has 0 bridgehead atoms. The van der Waals surface area contributed by atoms with E-state index in [1.165, 1.54) is 41.3 Å². The van der Waals surface area contributed by atoms with E-state index in [1.54, 1.807) is 12.1 Å². The lowest BCUT2D eigenvalue weighted by molar-refractivity contribution is -0.130.